The van der Waals surface area contributed by atoms with Crippen molar-refractivity contribution in [1.29, 1.82) is 0 Å². The van der Waals surface area contributed by atoms with Gasteiger partial charge in [-0.05, 0) is 20.8 Å². The lowest BCUT2D eigenvalue weighted by molar-refractivity contribution is -0.207. The second-order valence-corrected chi connectivity index (χ2v) is 33.0. The summed E-state index contributed by atoms with van der Waals surface area (Å²) < 4.78 is 211. The highest BCUT2D eigenvalue weighted by atomic mass is 31.3. The molecule has 3 saturated heterocycles. The number of hydrogen-bond donors (Lipinski definition) is 20. The first-order valence-electron chi connectivity index (χ1n) is 24.4. The maximum absolute atomic E-state index is 15.4. The topological polar surface area (TPSA) is 737 Å². The van der Waals surface area contributed by atoms with E-state index in [-0.39, 0.29) is 28.6 Å². The summed E-state index contributed by atoms with van der Waals surface area (Å²) in [6, 6.07) is 0. The Kier molecular flexibility index (Phi) is 24.8. The van der Waals surface area contributed by atoms with E-state index in [0.717, 1.165) is 52.2 Å². The third-order valence-electron chi connectivity index (χ3n) is 12.0. The van der Waals surface area contributed by atoms with E-state index in [0.29, 0.717) is 6.92 Å². The molecule has 2 amide bonds. The number of fused-ring (bicyclic) bond motifs is 1. The first kappa shape index (κ1) is 83.7. The number of nitrogens with zero attached hydrogens (tertiary/aromatic N) is 5. The van der Waals surface area contributed by atoms with Crippen LogP contribution in [0.3, 0.4) is 0 Å². The van der Waals surface area contributed by atoms with Crippen molar-refractivity contribution in [2.75, 3.05) is 19.8 Å². The molecule has 0 bridgehead atoms. The molecule has 7 heterocycles. The molecule has 0 spiro atoms. The molecule has 49 nitrogen and oxygen atoms in total. The zero-order valence-corrected chi connectivity index (χ0v) is 55.7. The lowest BCUT2D eigenvalue weighted by atomic mass is 9.93. The van der Waals surface area contributed by atoms with E-state index in [1.165, 1.54) is 6.92 Å². The van der Waals surface area contributed by atoms with Crippen molar-refractivity contribution in [3.05, 3.63) is 71.9 Å². The molecule has 0 saturated carbocycles. The monoisotopic (exact) mass is 1590 g/mol. The maximum Gasteiger partial charge on any atom is 0.490 e. The summed E-state index contributed by atoms with van der Waals surface area (Å²) in [6.07, 6.45) is -3.73. The molecule has 20 N–H and O–H groups in total. The molecule has 62 heteroatoms. The highest BCUT2D eigenvalue weighted by molar-refractivity contribution is 7.67. The van der Waals surface area contributed by atoms with Crippen LogP contribution in [-0.2, 0) is 104 Å². The minimum Gasteiger partial charge on any atom is -0.384 e. The summed E-state index contributed by atoms with van der Waals surface area (Å²) in [5, 5.41) is 56.1. The molecular formula is C35H51F4N8O41P9. The van der Waals surface area contributed by atoms with Crippen LogP contribution in [0.4, 0.5) is 17.6 Å². The van der Waals surface area contributed by atoms with Gasteiger partial charge in [-0.3, -0.25) is 32.5 Å². The van der Waals surface area contributed by atoms with Gasteiger partial charge in [-0.15, -0.1) is 6.42 Å². The van der Waals surface area contributed by atoms with Crippen LogP contribution in [0.1, 0.15) is 25.9 Å². The molecule has 550 valence electrons. The van der Waals surface area contributed by atoms with Gasteiger partial charge in [0.15, 0.2) is 47.7 Å². The lowest BCUT2D eigenvalue weighted by Gasteiger charge is -2.36. The van der Waals surface area contributed by atoms with Gasteiger partial charge in [-0.2, -0.15) is 25.9 Å². The molecule has 6 unspecified atom stereocenters. The normalized spacial score (nSPS) is 33.8. The van der Waals surface area contributed by atoms with Crippen molar-refractivity contribution in [2.45, 2.75) is 92.2 Å². The summed E-state index contributed by atoms with van der Waals surface area (Å²) >= 11 is 0. The number of aliphatic hydroxyl groups is 5. The van der Waals surface area contributed by atoms with Crippen LogP contribution in [0.15, 0.2) is 60.5 Å². The van der Waals surface area contributed by atoms with Crippen LogP contribution >= 0.6 is 70.4 Å². The molecule has 18 atom stereocenters. The van der Waals surface area contributed by atoms with Crippen LogP contribution in [-0.4, -0.2) is 210 Å². The van der Waals surface area contributed by atoms with Crippen molar-refractivity contribution in [3.63, 3.8) is 0 Å². The minimum atomic E-state index is -5.89. The summed E-state index contributed by atoms with van der Waals surface area (Å²) in [5.74, 6) is -10.6. The number of halogens is 4. The number of aliphatic hydroxyl groups excluding tert-OH is 3. The Morgan fingerprint density at radius 2 is 0.928 bits per heavy atom. The predicted molar refractivity (Wildman–Crippen MR) is 292 cm³/mol. The van der Waals surface area contributed by atoms with Crippen molar-refractivity contribution in [3.8, 4) is 12.3 Å². The third-order valence-corrected chi connectivity index (χ3v) is 23.4. The van der Waals surface area contributed by atoms with Crippen molar-refractivity contribution in [1.82, 2.24) is 40.0 Å². The molecule has 3 fully saturated rings. The van der Waals surface area contributed by atoms with E-state index < -0.39 is 179 Å². The number of aryl methyl sites for hydroxylation is 1. The number of terminal acetylenes is 1. The van der Waals surface area contributed by atoms with Gasteiger partial charge in [0.25, 0.3) is 34.9 Å². The lowest BCUT2D eigenvalue weighted by Crippen LogP contribution is -2.55. The van der Waals surface area contributed by atoms with Gasteiger partial charge in [-0.25, -0.2) is 68.6 Å². The number of aromatic nitrogens is 4. The average Bonchev–Trinajstić information content (AvgIpc) is 1.60. The van der Waals surface area contributed by atoms with Crippen molar-refractivity contribution < 1.29 is 206 Å². The molecule has 0 aliphatic carbocycles. The Labute approximate surface area is 534 Å². The van der Waals surface area contributed by atoms with Gasteiger partial charge in [0, 0.05) is 24.6 Å². The summed E-state index contributed by atoms with van der Waals surface area (Å²) in [6.45, 7) is 4.63. The maximum atomic E-state index is 15.4. The molecule has 97 heavy (non-hydrogen) atoms. The molecule has 2 aromatic heterocycles. The fourth-order valence-electron chi connectivity index (χ4n) is 8.13. The van der Waals surface area contributed by atoms with Crippen molar-refractivity contribution in [2.24, 2.45) is 0 Å². The molecule has 5 aliphatic rings. The number of phosphoric ester groups is 3. The number of amides is 2. The fourth-order valence-corrected chi connectivity index (χ4v) is 17.2. The van der Waals surface area contributed by atoms with Crippen LogP contribution in [0.25, 0.3) is 11.2 Å². The van der Waals surface area contributed by atoms with E-state index >= 15 is 17.6 Å². The Balaban J connectivity index is 0.000000263. The second-order valence-electron chi connectivity index (χ2n) is 19.7. The van der Waals surface area contributed by atoms with E-state index in [2.05, 4.69) is 78.2 Å². The number of alkyl halides is 4. The zero-order valence-electron chi connectivity index (χ0n) is 47.6. The molecular weight excluding hydrogens is 1540 g/mol. The van der Waals surface area contributed by atoms with Gasteiger partial charge >= 0.3 is 70.4 Å². The van der Waals surface area contributed by atoms with Gasteiger partial charge < -0.3 is 124 Å². The van der Waals surface area contributed by atoms with Gasteiger partial charge in [0.05, 0.1) is 6.33 Å². The number of phosphoric acid groups is 9. The van der Waals surface area contributed by atoms with E-state index in [1.807, 2.05) is 0 Å². The number of carbonyl (C=O) groups is 2. The Morgan fingerprint density at radius 3 is 1.30 bits per heavy atom. The van der Waals surface area contributed by atoms with E-state index in [4.69, 9.17) is 64.7 Å². The van der Waals surface area contributed by atoms with Gasteiger partial charge in [0.1, 0.15) is 49.0 Å². The Morgan fingerprint density at radius 1 is 0.577 bits per heavy atom. The number of hydrogen-bond acceptors (Lipinski definition) is 33. The highest BCUT2D eigenvalue weighted by Gasteiger charge is 2.69. The SMILES string of the molecule is C#C[C@]1(O)[C@H](N2C=CC(=O)NC2=C)O[C@](F)(COP(=O)(O)OP(=O)(O)OP(=O)(O)O)[C@H]1O.C=C1NC(=O)C=CN1[C@@H]1O[C@](F)(COP(=O)(O)OP(=O)(O)OP(=O)(O)O)[C@@H](O)[C@@]1(C)F.Cc1nc2c(ncn2[C@@H]2O[C@](F)(COP(=O)(O)OP(=O)(O)OP(=O)(O)O)[C@@H](O)[C@@]2(C)O)c(=O)[nH]1. The first-order chi connectivity index (χ1) is 43.4. The molecule has 0 radical (unpaired) electrons. The van der Waals surface area contributed by atoms with Crippen LogP contribution in [0.2, 0.25) is 0 Å². The number of nitrogens with one attached hydrogen (secondary N) is 3. The zero-order chi connectivity index (χ0) is 74.7. The van der Waals surface area contributed by atoms with Gasteiger partial charge in [-0.1, -0.05) is 19.1 Å². The fraction of sp³-hybridized carbons (Fsp3) is 0.514. The summed E-state index contributed by atoms with van der Waals surface area (Å²) in [5.41, 5.74) is -9.33. The summed E-state index contributed by atoms with van der Waals surface area (Å²) in [4.78, 5) is 153. The number of ether oxygens (including phenoxy) is 3. The minimum absolute atomic E-state index is 0.122. The molecule has 0 aromatic carbocycles. The van der Waals surface area contributed by atoms with Crippen LogP contribution in [0, 0.1) is 19.3 Å². The second kappa shape index (κ2) is 28.7. The third kappa shape index (κ3) is 21.1. The molecule has 2 aromatic rings. The quantitative estimate of drug-likeness (QED) is 0.0292. The number of H-pyrrole nitrogens is 1. The number of carbonyl (C=O) groups excluding carboxylic acids is 2. The smallest absolute Gasteiger partial charge is 0.384 e. The average molecular weight is 1590 g/mol. The number of imidazole rings is 1. The van der Waals surface area contributed by atoms with Crippen LogP contribution in [0.5, 0.6) is 0 Å². The van der Waals surface area contributed by atoms with E-state index in [9.17, 15) is 95.7 Å². The molecule has 7 rings (SSSR count). The molecule has 5 aliphatic heterocycles. The summed E-state index contributed by atoms with van der Waals surface area (Å²) in [7, 11) is -51.9. The number of rotatable bonds is 24. The first-order valence-corrected chi connectivity index (χ1v) is 37.9. The van der Waals surface area contributed by atoms with Crippen molar-refractivity contribution >= 4 is 93.4 Å². The van der Waals surface area contributed by atoms with Gasteiger partial charge in [0.2, 0.25) is 5.60 Å². The highest BCUT2D eigenvalue weighted by Crippen LogP contribution is 2.69. The Hall–Kier alpha value is -3.96. The van der Waals surface area contributed by atoms with Crippen LogP contribution < -0.4 is 16.2 Å². The predicted octanol–water partition coefficient (Wildman–Crippen LogP) is -2.57. The Bertz CT molecular complexity index is 4060. The largest absolute Gasteiger partial charge is 0.490 e. The van der Waals surface area contributed by atoms with E-state index in [1.54, 1.807) is 5.92 Å². The number of aromatic amines is 1. The standard InChI is InChI=1S/C12H18FN4O14P3.C12H16FN2O14P3.C11H17F2N2O13P3/c1-5-15-7-6(8(18)16-5)14-4-17(7)10-11(2,20)9(19)12(13,29-10)3-28-33(24,25)31-34(26,27)30-32(21,22)23;1-3-11(18)9(17)12(13,27-10(11)15-5-4-8(16)14-7(15)2)6-26-31(22,23)29-32(24,25)28-30(19,20)21;1-6-14-7(16)3-4-15(6)9-10(2,12)8(17)11(13,26-9)5-25-30(21,22)28-31(23,24)27-29(18,19)20/h4,9-10,19-20H,3H2,1-2H3,(H,24,25)(H,26,27)(H,15,16,18)(H2,21,22,23);1,4-5,9-10,17-18H,2,6H2,(H,14,16)(H,22,23)(H,24,25)(H2,19,20,21);3-4,8-9,17H,1,5H2,2H3,(H,14,16)(H,21,22)(H,23,24)(H2,18,19,20)/t2*9-,10+,11+,12+;8-,9+,10+,11+/m000/s1.